The second-order valence-corrected chi connectivity index (χ2v) is 6.88. The molecule has 0 aliphatic rings. The molecule has 0 saturated carbocycles. The van der Waals surface area contributed by atoms with Crippen molar-refractivity contribution in [2.45, 2.75) is 0 Å². The maximum absolute atomic E-state index is 6.34. The van der Waals surface area contributed by atoms with E-state index in [1.165, 1.54) is 0 Å². The Kier molecular flexibility index (Phi) is 2.75. The highest BCUT2D eigenvalue weighted by molar-refractivity contribution is 6.21. The van der Waals surface area contributed by atoms with E-state index in [0.717, 1.165) is 55.1 Å². The molecule has 2 N–H and O–H groups in total. The number of rotatable bonds is 1. The van der Waals surface area contributed by atoms with Crippen molar-refractivity contribution in [3.8, 4) is 5.69 Å². The van der Waals surface area contributed by atoms with Crippen molar-refractivity contribution < 1.29 is 4.42 Å². The number of nitrogens with zero attached hydrogens (tertiary/aromatic N) is 1. The van der Waals surface area contributed by atoms with Crippen molar-refractivity contribution in [3.63, 3.8) is 0 Å². The fourth-order valence-corrected chi connectivity index (χ4v) is 4.14. The molecule has 0 spiro atoms. The number of nitrogen functional groups attached to an aromatic ring is 1. The normalized spacial score (nSPS) is 11.9. The molecule has 0 unspecified atom stereocenters. The first-order valence-electron chi connectivity index (χ1n) is 9.00. The van der Waals surface area contributed by atoms with Gasteiger partial charge in [-0.15, -0.1) is 0 Å². The molecule has 4 aromatic carbocycles. The Balaban J connectivity index is 1.92. The minimum atomic E-state index is 0.763. The molecule has 0 aliphatic carbocycles. The number of anilines is 1. The van der Waals surface area contributed by atoms with Crippen LogP contribution in [0.1, 0.15) is 0 Å². The van der Waals surface area contributed by atoms with E-state index >= 15 is 0 Å². The molecular formula is C24H16N2O. The topological polar surface area (TPSA) is 44.1 Å². The fraction of sp³-hybridized carbons (Fsp3) is 0. The molecule has 0 bridgehead atoms. The van der Waals surface area contributed by atoms with Crippen LogP contribution in [-0.2, 0) is 0 Å². The van der Waals surface area contributed by atoms with Crippen LogP contribution in [0.25, 0.3) is 49.4 Å². The van der Waals surface area contributed by atoms with E-state index in [1.54, 1.807) is 0 Å². The first-order chi connectivity index (χ1) is 13.3. The van der Waals surface area contributed by atoms with Crippen molar-refractivity contribution in [1.29, 1.82) is 0 Å². The molecular weight excluding hydrogens is 332 g/mol. The smallest absolute Gasteiger partial charge is 0.160 e. The van der Waals surface area contributed by atoms with Crippen LogP contribution in [0, 0.1) is 0 Å². The summed E-state index contributed by atoms with van der Waals surface area (Å²) in [6.45, 7) is 0. The predicted molar refractivity (Wildman–Crippen MR) is 112 cm³/mol. The molecule has 2 aromatic heterocycles. The van der Waals surface area contributed by atoms with Gasteiger partial charge < -0.3 is 14.7 Å². The number of para-hydroxylation sites is 2. The number of furan rings is 1. The molecule has 6 aromatic rings. The SMILES string of the molecule is Nc1ccc2c(c1)c1ccc3c4ccccc4oc3c1n2-c1ccccc1. The zero-order valence-electron chi connectivity index (χ0n) is 14.5. The van der Waals surface area contributed by atoms with Crippen molar-refractivity contribution in [3.05, 3.63) is 84.9 Å². The van der Waals surface area contributed by atoms with Crippen molar-refractivity contribution in [1.82, 2.24) is 4.57 Å². The summed E-state index contributed by atoms with van der Waals surface area (Å²) in [5.74, 6) is 0. The van der Waals surface area contributed by atoms with Crippen molar-refractivity contribution in [2.24, 2.45) is 0 Å². The molecule has 128 valence electrons. The largest absolute Gasteiger partial charge is 0.454 e. The molecule has 0 amide bonds. The third kappa shape index (κ3) is 1.91. The lowest BCUT2D eigenvalue weighted by atomic mass is 10.1. The second-order valence-electron chi connectivity index (χ2n) is 6.88. The van der Waals surface area contributed by atoms with Gasteiger partial charge in [-0.1, -0.05) is 42.5 Å². The number of hydrogen-bond donors (Lipinski definition) is 1. The van der Waals surface area contributed by atoms with E-state index in [-0.39, 0.29) is 0 Å². The van der Waals surface area contributed by atoms with E-state index in [9.17, 15) is 0 Å². The van der Waals surface area contributed by atoms with E-state index < -0.39 is 0 Å². The van der Waals surface area contributed by atoms with Crippen LogP contribution in [0.3, 0.4) is 0 Å². The molecule has 3 heteroatoms. The molecule has 0 saturated heterocycles. The lowest BCUT2D eigenvalue weighted by molar-refractivity contribution is 0.671. The van der Waals surface area contributed by atoms with Crippen LogP contribution in [0.2, 0.25) is 0 Å². The zero-order chi connectivity index (χ0) is 18.0. The summed E-state index contributed by atoms with van der Waals surface area (Å²) >= 11 is 0. The van der Waals surface area contributed by atoms with Crippen LogP contribution in [0.15, 0.2) is 89.3 Å². The van der Waals surface area contributed by atoms with Gasteiger partial charge in [0.25, 0.3) is 0 Å². The molecule has 0 atom stereocenters. The number of hydrogen-bond acceptors (Lipinski definition) is 2. The molecule has 0 aliphatic heterocycles. The highest BCUT2D eigenvalue weighted by atomic mass is 16.3. The Hall–Kier alpha value is -3.72. The fourth-order valence-electron chi connectivity index (χ4n) is 4.14. The predicted octanol–water partition coefficient (Wildman–Crippen LogP) is 6.27. The lowest BCUT2D eigenvalue weighted by Gasteiger charge is -2.07. The van der Waals surface area contributed by atoms with Crippen LogP contribution < -0.4 is 5.73 Å². The van der Waals surface area contributed by atoms with Gasteiger partial charge in [0.05, 0.1) is 11.0 Å². The van der Waals surface area contributed by atoms with Crippen molar-refractivity contribution in [2.75, 3.05) is 5.73 Å². The minimum Gasteiger partial charge on any atom is -0.454 e. The van der Waals surface area contributed by atoms with E-state index in [4.69, 9.17) is 10.2 Å². The Morgan fingerprint density at radius 3 is 2.33 bits per heavy atom. The average Bonchev–Trinajstić information content (AvgIpc) is 3.24. The Morgan fingerprint density at radius 1 is 0.667 bits per heavy atom. The third-order valence-corrected chi connectivity index (χ3v) is 5.31. The number of fused-ring (bicyclic) bond motifs is 7. The molecule has 6 rings (SSSR count). The Morgan fingerprint density at radius 2 is 1.44 bits per heavy atom. The van der Waals surface area contributed by atoms with Crippen LogP contribution in [0.5, 0.6) is 0 Å². The number of benzene rings is 4. The summed E-state index contributed by atoms with van der Waals surface area (Å²) in [6.07, 6.45) is 0. The molecule has 0 radical (unpaired) electrons. The summed E-state index contributed by atoms with van der Waals surface area (Å²) in [4.78, 5) is 0. The molecule has 3 nitrogen and oxygen atoms in total. The van der Waals surface area contributed by atoms with Gasteiger partial charge >= 0.3 is 0 Å². The summed E-state index contributed by atoms with van der Waals surface area (Å²) < 4.78 is 8.61. The Labute approximate surface area is 155 Å². The van der Waals surface area contributed by atoms with Crippen LogP contribution in [-0.4, -0.2) is 4.57 Å². The van der Waals surface area contributed by atoms with Gasteiger partial charge in [0.15, 0.2) is 5.58 Å². The van der Waals surface area contributed by atoms with Gasteiger partial charge in [-0.25, -0.2) is 0 Å². The van der Waals surface area contributed by atoms with E-state index in [0.29, 0.717) is 0 Å². The van der Waals surface area contributed by atoms with Gasteiger partial charge in [0.2, 0.25) is 0 Å². The van der Waals surface area contributed by atoms with E-state index in [1.807, 2.05) is 30.3 Å². The second kappa shape index (κ2) is 5.15. The summed E-state index contributed by atoms with van der Waals surface area (Å²) in [5, 5.41) is 4.55. The van der Waals surface area contributed by atoms with Gasteiger partial charge in [0.1, 0.15) is 5.58 Å². The first-order valence-corrected chi connectivity index (χ1v) is 9.00. The Bertz CT molecular complexity index is 1470. The quantitative estimate of drug-likeness (QED) is 0.356. The average molecular weight is 348 g/mol. The van der Waals surface area contributed by atoms with Gasteiger partial charge in [-0.3, -0.25) is 0 Å². The highest BCUT2D eigenvalue weighted by Crippen LogP contribution is 2.40. The number of aromatic nitrogens is 1. The third-order valence-electron chi connectivity index (χ3n) is 5.31. The van der Waals surface area contributed by atoms with Gasteiger partial charge in [0, 0.05) is 32.9 Å². The maximum atomic E-state index is 6.34. The molecule has 0 fully saturated rings. The van der Waals surface area contributed by atoms with Crippen LogP contribution >= 0.6 is 0 Å². The van der Waals surface area contributed by atoms with Gasteiger partial charge in [-0.05, 0) is 42.5 Å². The van der Waals surface area contributed by atoms with Crippen LogP contribution in [0.4, 0.5) is 5.69 Å². The van der Waals surface area contributed by atoms with E-state index in [2.05, 4.69) is 59.2 Å². The lowest BCUT2D eigenvalue weighted by Crippen LogP contribution is -1.93. The highest BCUT2D eigenvalue weighted by Gasteiger charge is 2.18. The monoisotopic (exact) mass is 348 g/mol. The van der Waals surface area contributed by atoms with Crippen molar-refractivity contribution >= 4 is 49.4 Å². The molecule has 27 heavy (non-hydrogen) atoms. The minimum absolute atomic E-state index is 0.763. The maximum Gasteiger partial charge on any atom is 0.160 e. The first kappa shape index (κ1) is 14.4. The standard InChI is InChI=1S/C24H16N2O/c25-15-10-13-21-20(14-15)18-11-12-19-17-8-4-5-9-22(17)27-24(19)23(18)26(21)16-6-2-1-3-7-16/h1-14H,25H2. The van der Waals surface area contributed by atoms with Gasteiger partial charge in [-0.2, -0.15) is 0 Å². The number of nitrogens with two attached hydrogens (primary N) is 1. The summed E-state index contributed by atoms with van der Waals surface area (Å²) in [5.41, 5.74) is 12.0. The molecule has 2 heterocycles. The summed E-state index contributed by atoms with van der Waals surface area (Å²) in [6, 6.07) is 29.0. The zero-order valence-corrected chi connectivity index (χ0v) is 14.5. The summed E-state index contributed by atoms with van der Waals surface area (Å²) in [7, 11) is 0.